The van der Waals surface area contributed by atoms with Crippen LogP contribution in [0.15, 0.2) is 140 Å². The smallest absolute Gasteiger partial charge is 0.198 e. The van der Waals surface area contributed by atoms with Gasteiger partial charge in [0.2, 0.25) is 0 Å². The molecule has 10 aromatic rings. The minimum absolute atomic E-state index is 0.0399. The van der Waals surface area contributed by atoms with Gasteiger partial charge >= 0.3 is 0 Å². The van der Waals surface area contributed by atoms with Crippen molar-refractivity contribution in [2.75, 3.05) is 5.32 Å². The van der Waals surface area contributed by atoms with Gasteiger partial charge in [0.15, 0.2) is 7.28 Å². The summed E-state index contributed by atoms with van der Waals surface area (Å²) >= 11 is 1.91. The third-order valence-electron chi connectivity index (χ3n) is 15.9. The van der Waals surface area contributed by atoms with Gasteiger partial charge in [-0.1, -0.05) is 166 Å². The molecule has 0 saturated carbocycles. The second-order valence-electron chi connectivity index (χ2n) is 22.7. The van der Waals surface area contributed by atoms with Gasteiger partial charge in [-0.3, -0.25) is 0 Å². The summed E-state index contributed by atoms with van der Waals surface area (Å²) in [6, 6.07) is 54.4. The van der Waals surface area contributed by atoms with Crippen LogP contribution in [-0.2, 0) is 21.7 Å². The molecule has 0 bridgehead atoms. The van der Waals surface area contributed by atoms with Crippen molar-refractivity contribution in [3.63, 3.8) is 0 Å². The summed E-state index contributed by atoms with van der Waals surface area (Å²) in [6.45, 7) is 23.5. The van der Waals surface area contributed by atoms with Crippen molar-refractivity contribution in [3.8, 4) is 39.1 Å². The van der Waals surface area contributed by atoms with Crippen LogP contribution in [0.25, 0.3) is 81.0 Å². The van der Waals surface area contributed by atoms with Crippen molar-refractivity contribution in [2.45, 2.75) is 90.9 Å². The maximum Gasteiger partial charge on any atom is 0.198 e. The molecule has 0 amide bonds. The summed E-state index contributed by atoms with van der Waals surface area (Å²) in [5.41, 5.74) is 25.1. The van der Waals surface area contributed by atoms with Gasteiger partial charge in [0, 0.05) is 69.9 Å². The van der Waals surface area contributed by atoms with Crippen LogP contribution in [-0.4, -0.2) is 11.8 Å². The molecule has 3 heterocycles. The average Bonchev–Trinajstić information content (AvgIpc) is 3.95. The van der Waals surface area contributed by atoms with Crippen LogP contribution in [0.4, 0.5) is 11.4 Å². The molecule has 322 valence electrons. The van der Waals surface area contributed by atoms with Gasteiger partial charge in [-0.2, -0.15) is 0 Å². The van der Waals surface area contributed by atoms with Crippen LogP contribution in [0, 0.1) is 0 Å². The molecule has 8 aromatic carbocycles. The Bertz CT molecular complexity index is 3770. The second kappa shape index (κ2) is 13.2. The number of aromatic nitrogens is 1. The first-order valence-corrected chi connectivity index (χ1v) is 24.7. The lowest BCUT2D eigenvalue weighted by molar-refractivity contribution is 0.589. The first-order valence-electron chi connectivity index (χ1n) is 23.9. The fraction of sp³-hybridized carbons (Fsp3) is 0.226. The van der Waals surface area contributed by atoms with Gasteiger partial charge < -0.3 is 9.88 Å². The Kier molecular flexibility index (Phi) is 7.97. The van der Waals surface area contributed by atoms with Crippen molar-refractivity contribution >= 4 is 82.9 Å². The number of benzene rings is 8. The van der Waals surface area contributed by atoms with Crippen molar-refractivity contribution < 1.29 is 0 Å². The third kappa shape index (κ3) is 5.48. The van der Waals surface area contributed by atoms with Crippen molar-refractivity contribution in [1.82, 2.24) is 4.57 Å². The molecule has 0 radical (unpaired) electrons. The molecule has 0 spiro atoms. The molecule has 4 heteroatoms. The number of rotatable bonds is 3. The Hall–Kier alpha value is -6.36. The van der Waals surface area contributed by atoms with Crippen LogP contribution < -0.4 is 16.2 Å². The van der Waals surface area contributed by atoms with Gasteiger partial charge in [0.1, 0.15) is 0 Å². The maximum absolute atomic E-state index is 4.04. The van der Waals surface area contributed by atoms with E-state index in [1.54, 1.807) is 0 Å². The maximum atomic E-state index is 4.04. The zero-order chi connectivity index (χ0) is 45.4. The number of hydrogen-bond acceptors (Lipinski definition) is 2. The van der Waals surface area contributed by atoms with E-state index in [1.807, 2.05) is 11.3 Å². The van der Waals surface area contributed by atoms with Crippen molar-refractivity contribution in [1.29, 1.82) is 0 Å². The second-order valence-corrected chi connectivity index (χ2v) is 23.8. The lowest BCUT2D eigenvalue weighted by Crippen LogP contribution is -2.37. The topological polar surface area (TPSA) is 17.0 Å². The quantitative estimate of drug-likeness (QED) is 0.175. The molecular formula is C62H55BN2S. The van der Waals surface area contributed by atoms with Gasteiger partial charge in [-0.15, -0.1) is 11.3 Å². The largest absolute Gasteiger partial charge is 0.355 e. The van der Waals surface area contributed by atoms with E-state index in [4.69, 9.17) is 0 Å². The first-order chi connectivity index (χ1) is 31.5. The molecule has 13 rings (SSSR count). The molecule has 2 aliphatic carbocycles. The summed E-state index contributed by atoms with van der Waals surface area (Å²) in [4.78, 5) is 0. The standard InChI is InChI=1S/C62H55BN2S/c1-59(2,3)34-19-22-36(23-20-34)64-52-31-49-42(41-27-35(60(4,5)6)21-26-48(41)62(49,9)10)28-44(52)39-24-25-40-45-29-46-38-16-12-14-18-55(38)66-56(46)33-53(45)65-54-32-50-43(30-51(54)63-57(39)58(40)65)37-15-11-13-17-47(37)61(50,7)8/h11-33,63-64H,1-10H3. The molecule has 0 atom stereocenters. The molecule has 1 aliphatic heterocycles. The van der Waals surface area contributed by atoms with E-state index in [-0.39, 0.29) is 21.7 Å². The molecule has 3 aliphatic rings. The SMILES string of the molecule is CC(C)(C)c1ccc(Nc2cc3c(cc2-c2ccc4c5cc6c(cc5n5c4c2Bc2cc4c(cc2-5)C(C)(C)c2ccccc2-4)sc2ccccc26)-c2cc(C(C)(C)C)ccc2C3(C)C)cc1. The summed E-state index contributed by atoms with van der Waals surface area (Å²) in [6.07, 6.45) is 0. The number of nitrogens with zero attached hydrogens (tertiary/aromatic N) is 1. The van der Waals surface area contributed by atoms with E-state index in [0.717, 1.165) is 18.7 Å². The third-order valence-corrected chi connectivity index (χ3v) is 17.1. The van der Waals surface area contributed by atoms with Crippen LogP contribution in [0.3, 0.4) is 0 Å². The fourth-order valence-electron chi connectivity index (χ4n) is 12.2. The molecule has 2 nitrogen and oxygen atoms in total. The predicted molar refractivity (Wildman–Crippen MR) is 288 cm³/mol. The van der Waals surface area contributed by atoms with Crippen molar-refractivity contribution in [3.05, 3.63) is 173 Å². The normalized spacial score (nSPS) is 15.2. The molecule has 2 aromatic heterocycles. The number of anilines is 2. The monoisotopic (exact) mass is 870 g/mol. The molecule has 0 fully saturated rings. The highest BCUT2D eigenvalue weighted by atomic mass is 32.1. The van der Waals surface area contributed by atoms with Crippen LogP contribution >= 0.6 is 11.3 Å². The molecule has 0 saturated heterocycles. The van der Waals surface area contributed by atoms with Crippen LogP contribution in [0.1, 0.15) is 103 Å². The minimum atomic E-state index is -0.156. The van der Waals surface area contributed by atoms with Crippen molar-refractivity contribution in [2.24, 2.45) is 0 Å². The molecule has 1 N–H and O–H groups in total. The lowest BCUT2D eigenvalue weighted by atomic mass is 9.58. The Morgan fingerprint density at radius 3 is 1.92 bits per heavy atom. The number of fused-ring (bicyclic) bond motifs is 14. The first kappa shape index (κ1) is 40.0. The van der Waals surface area contributed by atoms with E-state index >= 15 is 0 Å². The van der Waals surface area contributed by atoms with Gasteiger partial charge in [0.05, 0.1) is 5.52 Å². The van der Waals surface area contributed by atoms with Gasteiger partial charge in [-0.25, -0.2) is 0 Å². The lowest BCUT2D eigenvalue weighted by Gasteiger charge is -2.27. The van der Waals surface area contributed by atoms with E-state index in [0.29, 0.717) is 0 Å². The van der Waals surface area contributed by atoms with Gasteiger partial charge in [-0.05, 0) is 126 Å². The van der Waals surface area contributed by atoms with E-state index in [2.05, 4.69) is 219 Å². The van der Waals surface area contributed by atoms with E-state index in [1.165, 1.54) is 125 Å². The summed E-state index contributed by atoms with van der Waals surface area (Å²) in [7, 11) is 0.846. The summed E-state index contributed by atoms with van der Waals surface area (Å²) < 4.78 is 5.34. The predicted octanol–water partition coefficient (Wildman–Crippen LogP) is 15.5. The van der Waals surface area contributed by atoms with Gasteiger partial charge in [0.25, 0.3) is 0 Å². The highest BCUT2D eigenvalue weighted by Crippen LogP contribution is 2.54. The Morgan fingerprint density at radius 2 is 1.15 bits per heavy atom. The zero-order valence-electron chi connectivity index (χ0n) is 39.8. The number of nitrogens with one attached hydrogen (secondary N) is 1. The zero-order valence-corrected chi connectivity index (χ0v) is 40.7. The molecule has 66 heavy (non-hydrogen) atoms. The molecule has 0 unspecified atom stereocenters. The Labute approximate surface area is 393 Å². The highest BCUT2D eigenvalue weighted by Gasteiger charge is 2.40. The Morgan fingerprint density at radius 1 is 0.485 bits per heavy atom. The summed E-state index contributed by atoms with van der Waals surface area (Å²) in [5.74, 6) is 0. The van der Waals surface area contributed by atoms with Crippen LogP contribution in [0.5, 0.6) is 0 Å². The van der Waals surface area contributed by atoms with Crippen LogP contribution in [0.2, 0.25) is 0 Å². The highest BCUT2D eigenvalue weighted by molar-refractivity contribution is 7.25. The fourth-order valence-corrected chi connectivity index (χ4v) is 13.3. The number of hydrogen-bond donors (Lipinski definition) is 1. The van der Waals surface area contributed by atoms with E-state index in [9.17, 15) is 0 Å². The number of thiophene rings is 1. The minimum Gasteiger partial charge on any atom is -0.355 e. The Balaban J connectivity index is 1.11. The van der Waals surface area contributed by atoms with E-state index < -0.39 is 0 Å². The average molecular weight is 871 g/mol. The summed E-state index contributed by atoms with van der Waals surface area (Å²) in [5, 5.41) is 9.37. The molecular weight excluding hydrogens is 816 g/mol.